The van der Waals surface area contributed by atoms with Gasteiger partial charge in [0, 0.05) is 12.6 Å². The summed E-state index contributed by atoms with van der Waals surface area (Å²) in [6.07, 6.45) is 20.0. The Morgan fingerprint density at radius 3 is 1.58 bits per heavy atom. The lowest BCUT2D eigenvalue weighted by atomic mass is 10.1. The predicted octanol–water partition coefficient (Wildman–Crippen LogP) is 6.52. The number of carbonyl (C=O) groups is 1. The first-order valence-electron chi connectivity index (χ1n) is 11.3. The van der Waals surface area contributed by atoms with Crippen LogP contribution in [0.5, 0.6) is 0 Å². The fraction of sp³-hybridized carbons (Fsp3) is 0.870. The van der Waals surface area contributed by atoms with Crippen LogP contribution < -0.4 is 0 Å². The third-order valence-electron chi connectivity index (χ3n) is 4.97. The Morgan fingerprint density at radius 1 is 0.731 bits per heavy atom. The van der Waals surface area contributed by atoms with Crippen LogP contribution >= 0.6 is 0 Å². The number of ether oxygens (including phenoxy) is 1. The van der Waals surface area contributed by atoms with Crippen LogP contribution in [-0.4, -0.2) is 37.1 Å². The fourth-order valence-electron chi connectivity index (χ4n) is 3.25. The maximum Gasteiger partial charge on any atom is 0.330 e. The van der Waals surface area contributed by atoms with Crippen molar-refractivity contribution in [3.05, 3.63) is 12.7 Å². The van der Waals surface area contributed by atoms with Crippen molar-refractivity contribution >= 4 is 5.97 Å². The number of nitrogens with zero attached hydrogens (tertiary/aromatic N) is 1. The number of esters is 1. The number of carbonyl (C=O) groups excluding carboxylic acids is 1. The molecule has 0 unspecified atom stereocenters. The Bertz CT molecular complexity index is 299. The summed E-state index contributed by atoms with van der Waals surface area (Å²) < 4.78 is 5.17. The van der Waals surface area contributed by atoms with Crippen LogP contribution in [-0.2, 0) is 9.53 Å². The van der Waals surface area contributed by atoms with Gasteiger partial charge >= 0.3 is 5.97 Å². The summed E-state index contributed by atoms with van der Waals surface area (Å²) in [5, 5.41) is 0. The SMILES string of the molecule is C=CC(=O)OCCN(CCCCCCCCC)CCCCCCCCC. The van der Waals surface area contributed by atoms with Gasteiger partial charge in [-0.15, -0.1) is 0 Å². The maximum absolute atomic E-state index is 11.2. The molecule has 0 aromatic heterocycles. The molecule has 0 fully saturated rings. The third-order valence-corrected chi connectivity index (χ3v) is 4.97. The van der Waals surface area contributed by atoms with E-state index in [1.54, 1.807) is 0 Å². The number of hydrogen-bond acceptors (Lipinski definition) is 3. The van der Waals surface area contributed by atoms with Gasteiger partial charge in [-0.25, -0.2) is 4.79 Å². The van der Waals surface area contributed by atoms with Crippen molar-refractivity contribution in [2.24, 2.45) is 0 Å². The van der Waals surface area contributed by atoms with E-state index in [4.69, 9.17) is 4.74 Å². The summed E-state index contributed by atoms with van der Waals surface area (Å²) in [4.78, 5) is 13.7. The highest BCUT2D eigenvalue weighted by atomic mass is 16.5. The third kappa shape index (κ3) is 18.0. The molecule has 0 aromatic carbocycles. The molecule has 0 N–H and O–H groups in total. The Hall–Kier alpha value is -0.830. The molecular weight excluding hydrogens is 322 g/mol. The molecule has 0 aromatic rings. The molecule has 0 radical (unpaired) electrons. The van der Waals surface area contributed by atoms with E-state index in [1.807, 2.05) is 0 Å². The van der Waals surface area contributed by atoms with E-state index in [2.05, 4.69) is 25.3 Å². The van der Waals surface area contributed by atoms with E-state index in [9.17, 15) is 4.79 Å². The molecule has 3 heteroatoms. The lowest BCUT2D eigenvalue weighted by Crippen LogP contribution is -2.30. The minimum absolute atomic E-state index is 0.309. The van der Waals surface area contributed by atoms with Crippen molar-refractivity contribution in [2.75, 3.05) is 26.2 Å². The fourth-order valence-corrected chi connectivity index (χ4v) is 3.25. The van der Waals surface area contributed by atoms with Gasteiger partial charge in [0.1, 0.15) is 6.61 Å². The van der Waals surface area contributed by atoms with Crippen LogP contribution in [0.4, 0.5) is 0 Å². The van der Waals surface area contributed by atoms with Gasteiger partial charge in [0.05, 0.1) is 0 Å². The number of unbranched alkanes of at least 4 members (excludes halogenated alkanes) is 12. The zero-order valence-corrected chi connectivity index (χ0v) is 17.8. The van der Waals surface area contributed by atoms with Crippen molar-refractivity contribution in [3.8, 4) is 0 Å². The van der Waals surface area contributed by atoms with Crippen molar-refractivity contribution < 1.29 is 9.53 Å². The Labute approximate surface area is 163 Å². The van der Waals surface area contributed by atoms with E-state index in [-0.39, 0.29) is 5.97 Å². The molecule has 154 valence electrons. The normalized spacial score (nSPS) is 11.0. The van der Waals surface area contributed by atoms with Gasteiger partial charge in [0.25, 0.3) is 0 Å². The van der Waals surface area contributed by atoms with E-state index in [0.717, 1.165) is 19.6 Å². The van der Waals surface area contributed by atoms with Gasteiger partial charge in [0.2, 0.25) is 0 Å². The lowest BCUT2D eigenvalue weighted by molar-refractivity contribution is -0.138. The van der Waals surface area contributed by atoms with Gasteiger partial charge in [-0.2, -0.15) is 0 Å². The quantitative estimate of drug-likeness (QED) is 0.139. The molecule has 0 saturated carbocycles. The van der Waals surface area contributed by atoms with Crippen molar-refractivity contribution in [1.29, 1.82) is 0 Å². The minimum atomic E-state index is -0.309. The average Bonchev–Trinajstić information content (AvgIpc) is 2.65. The zero-order valence-electron chi connectivity index (χ0n) is 17.8. The molecule has 0 heterocycles. The smallest absolute Gasteiger partial charge is 0.330 e. The van der Waals surface area contributed by atoms with Gasteiger partial charge in [0.15, 0.2) is 0 Å². The van der Waals surface area contributed by atoms with Gasteiger partial charge in [-0.05, 0) is 25.9 Å². The molecule has 26 heavy (non-hydrogen) atoms. The molecule has 3 nitrogen and oxygen atoms in total. The predicted molar refractivity (Wildman–Crippen MR) is 114 cm³/mol. The number of rotatable bonds is 20. The maximum atomic E-state index is 11.2. The van der Waals surface area contributed by atoms with Gasteiger partial charge < -0.3 is 4.74 Å². The average molecular weight is 368 g/mol. The van der Waals surface area contributed by atoms with Gasteiger partial charge in [-0.3, -0.25) is 4.90 Å². The molecule has 0 spiro atoms. The summed E-state index contributed by atoms with van der Waals surface area (Å²) in [6, 6.07) is 0. The topological polar surface area (TPSA) is 29.5 Å². The molecule has 0 aliphatic heterocycles. The summed E-state index contributed by atoms with van der Waals surface area (Å²) in [6.45, 7) is 11.6. The van der Waals surface area contributed by atoms with Crippen LogP contribution in [0.2, 0.25) is 0 Å². The Morgan fingerprint density at radius 2 is 1.15 bits per heavy atom. The Kier molecular flexibility index (Phi) is 19.8. The summed E-state index contributed by atoms with van der Waals surface area (Å²) >= 11 is 0. The summed E-state index contributed by atoms with van der Waals surface area (Å²) in [5.74, 6) is -0.309. The van der Waals surface area contributed by atoms with Crippen molar-refractivity contribution in [2.45, 2.75) is 104 Å². The molecule has 0 amide bonds. The Balaban J connectivity index is 3.85. The first-order chi connectivity index (χ1) is 12.7. The molecule has 0 atom stereocenters. The molecule has 0 aliphatic rings. The summed E-state index contributed by atoms with van der Waals surface area (Å²) in [7, 11) is 0. The van der Waals surface area contributed by atoms with E-state index >= 15 is 0 Å². The van der Waals surface area contributed by atoms with Crippen LogP contribution in [0.25, 0.3) is 0 Å². The largest absolute Gasteiger partial charge is 0.461 e. The highest BCUT2D eigenvalue weighted by Gasteiger charge is 2.06. The molecular formula is C23H45NO2. The van der Waals surface area contributed by atoms with Crippen LogP contribution in [0, 0.1) is 0 Å². The van der Waals surface area contributed by atoms with Crippen LogP contribution in [0.15, 0.2) is 12.7 Å². The molecule has 0 rings (SSSR count). The highest BCUT2D eigenvalue weighted by Crippen LogP contribution is 2.10. The van der Waals surface area contributed by atoms with Crippen molar-refractivity contribution in [3.63, 3.8) is 0 Å². The second-order valence-corrected chi connectivity index (χ2v) is 7.46. The molecule has 0 bridgehead atoms. The lowest BCUT2D eigenvalue weighted by Gasteiger charge is -2.22. The minimum Gasteiger partial charge on any atom is -0.461 e. The standard InChI is InChI=1S/C23H45NO2/c1-4-7-9-11-13-15-17-19-24(21-22-26-23(25)6-3)20-18-16-14-12-10-8-5-2/h6H,3-5,7-22H2,1-2H3. The van der Waals surface area contributed by atoms with E-state index in [0.29, 0.717) is 6.61 Å². The highest BCUT2D eigenvalue weighted by molar-refractivity contribution is 5.81. The monoisotopic (exact) mass is 367 g/mol. The van der Waals surface area contributed by atoms with Crippen LogP contribution in [0.1, 0.15) is 104 Å². The first-order valence-corrected chi connectivity index (χ1v) is 11.3. The second kappa shape index (κ2) is 20.5. The zero-order chi connectivity index (χ0) is 19.3. The molecule has 0 saturated heterocycles. The van der Waals surface area contributed by atoms with E-state index in [1.165, 1.54) is 96.0 Å². The second-order valence-electron chi connectivity index (χ2n) is 7.46. The van der Waals surface area contributed by atoms with Gasteiger partial charge in [-0.1, -0.05) is 97.5 Å². The van der Waals surface area contributed by atoms with Crippen LogP contribution in [0.3, 0.4) is 0 Å². The van der Waals surface area contributed by atoms with E-state index < -0.39 is 0 Å². The summed E-state index contributed by atoms with van der Waals surface area (Å²) in [5.41, 5.74) is 0. The first kappa shape index (κ1) is 25.2. The van der Waals surface area contributed by atoms with Crippen molar-refractivity contribution in [1.82, 2.24) is 4.90 Å². The molecule has 0 aliphatic carbocycles. The number of hydrogen-bond donors (Lipinski definition) is 0.